The molecule has 0 aromatic carbocycles. The molecule has 0 spiro atoms. The average molecular weight is 355 g/mol. The third-order valence-electron chi connectivity index (χ3n) is 5.16. The number of amides is 2. The highest BCUT2D eigenvalue weighted by Gasteiger charge is 2.16. The van der Waals surface area contributed by atoms with Crippen LogP contribution in [-0.2, 0) is 6.42 Å². The van der Waals surface area contributed by atoms with Crippen molar-refractivity contribution < 1.29 is 4.79 Å². The summed E-state index contributed by atoms with van der Waals surface area (Å²) in [5, 5.41) is 10.7. The van der Waals surface area contributed by atoms with Gasteiger partial charge in [-0.05, 0) is 50.8 Å². The number of nitrogens with zero attached hydrogens (tertiary/aromatic N) is 3. The first-order valence-electron chi connectivity index (χ1n) is 9.66. The van der Waals surface area contributed by atoms with Crippen LogP contribution >= 0.6 is 0 Å². The van der Waals surface area contributed by atoms with E-state index in [1.807, 2.05) is 29.8 Å². The van der Waals surface area contributed by atoms with Gasteiger partial charge in [0.15, 0.2) is 5.82 Å². The van der Waals surface area contributed by atoms with Crippen molar-refractivity contribution in [1.29, 1.82) is 0 Å². The Hall–Kier alpha value is -2.37. The Morgan fingerprint density at radius 2 is 1.96 bits per heavy atom. The van der Waals surface area contributed by atoms with Crippen molar-refractivity contribution >= 4 is 6.03 Å². The number of hydrogen-bond donors (Lipinski definition) is 2. The lowest BCUT2D eigenvalue weighted by Crippen LogP contribution is -2.42. The highest BCUT2D eigenvalue weighted by Crippen LogP contribution is 2.18. The number of carbonyl (C=O) groups is 1. The van der Waals surface area contributed by atoms with Crippen molar-refractivity contribution in [2.45, 2.75) is 64.8 Å². The molecule has 6 heteroatoms. The zero-order valence-corrected chi connectivity index (χ0v) is 15.8. The van der Waals surface area contributed by atoms with Crippen LogP contribution in [0.5, 0.6) is 0 Å². The van der Waals surface area contributed by atoms with E-state index < -0.39 is 0 Å². The third-order valence-corrected chi connectivity index (χ3v) is 5.16. The molecule has 0 aliphatic heterocycles. The maximum Gasteiger partial charge on any atom is 0.315 e. The Balaban J connectivity index is 1.53. The van der Waals surface area contributed by atoms with Gasteiger partial charge in [-0.3, -0.25) is 0 Å². The third kappa shape index (κ3) is 4.62. The van der Waals surface area contributed by atoms with Crippen LogP contribution in [0, 0.1) is 13.8 Å². The number of rotatable bonds is 5. The second kappa shape index (κ2) is 8.83. The molecule has 0 atom stereocenters. The summed E-state index contributed by atoms with van der Waals surface area (Å²) in [7, 11) is 0. The molecule has 1 saturated carbocycles. The average Bonchev–Trinajstić information content (AvgIpc) is 2.82. The van der Waals surface area contributed by atoms with Crippen LogP contribution in [0.3, 0.4) is 0 Å². The van der Waals surface area contributed by atoms with Crippen molar-refractivity contribution in [3.63, 3.8) is 0 Å². The standard InChI is InChI=1S/C20H29N5O/c1-15-18(16(2)25(24-15)19-11-7-8-13-21-19)12-14-22-20(26)23-17-9-5-3-4-6-10-17/h7-8,11,13,17H,3-6,9-10,12,14H2,1-2H3,(H2,22,23,26). The molecule has 0 unspecified atom stereocenters. The molecule has 6 nitrogen and oxygen atoms in total. The number of aryl methyl sites for hydroxylation is 1. The lowest BCUT2D eigenvalue weighted by molar-refractivity contribution is 0.235. The molecular formula is C20H29N5O. The second-order valence-electron chi connectivity index (χ2n) is 7.09. The summed E-state index contributed by atoms with van der Waals surface area (Å²) >= 11 is 0. The largest absolute Gasteiger partial charge is 0.338 e. The molecule has 1 aliphatic carbocycles. The summed E-state index contributed by atoms with van der Waals surface area (Å²) in [6.45, 7) is 4.66. The lowest BCUT2D eigenvalue weighted by atomic mass is 10.1. The predicted octanol–water partition coefficient (Wildman–Crippen LogP) is 3.45. The first-order chi connectivity index (χ1) is 12.6. The van der Waals surface area contributed by atoms with Crippen LogP contribution < -0.4 is 10.6 Å². The fourth-order valence-electron chi connectivity index (χ4n) is 3.70. The van der Waals surface area contributed by atoms with Gasteiger partial charge in [-0.25, -0.2) is 14.5 Å². The van der Waals surface area contributed by atoms with Crippen LogP contribution in [0.15, 0.2) is 24.4 Å². The van der Waals surface area contributed by atoms with Crippen molar-refractivity contribution in [2.75, 3.05) is 6.54 Å². The minimum absolute atomic E-state index is 0.0516. The van der Waals surface area contributed by atoms with E-state index in [-0.39, 0.29) is 6.03 Å². The van der Waals surface area contributed by atoms with Gasteiger partial charge in [0.05, 0.1) is 5.69 Å². The van der Waals surface area contributed by atoms with Crippen LogP contribution in [0.4, 0.5) is 4.79 Å². The summed E-state index contributed by atoms with van der Waals surface area (Å²) in [5.74, 6) is 0.818. The Bertz CT molecular complexity index is 717. The van der Waals surface area contributed by atoms with Crippen LogP contribution in [0.2, 0.25) is 0 Å². The van der Waals surface area contributed by atoms with E-state index >= 15 is 0 Å². The molecule has 1 aliphatic rings. The Morgan fingerprint density at radius 1 is 1.19 bits per heavy atom. The minimum Gasteiger partial charge on any atom is -0.338 e. The summed E-state index contributed by atoms with van der Waals surface area (Å²) in [6, 6.07) is 6.07. The van der Waals surface area contributed by atoms with Gasteiger partial charge in [-0.1, -0.05) is 31.7 Å². The molecule has 1 fully saturated rings. The SMILES string of the molecule is Cc1nn(-c2ccccn2)c(C)c1CCNC(=O)NC1CCCCCC1. The van der Waals surface area contributed by atoms with Crippen molar-refractivity contribution in [1.82, 2.24) is 25.4 Å². The topological polar surface area (TPSA) is 71.8 Å². The van der Waals surface area contributed by atoms with Gasteiger partial charge >= 0.3 is 6.03 Å². The van der Waals surface area contributed by atoms with Gasteiger partial charge in [0.25, 0.3) is 0 Å². The smallest absolute Gasteiger partial charge is 0.315 e. The van der Waals surface area contributed by atoms with E-state index in [4.69, 9.17) is 0 Å². The van der Waals surface area contributed by atoms with E-state index in [0.29, 0.717) is 12.6 Å². The van der Waals surface area contributed by atoms with E-state index in [2.05, 4.69) is 27.6 Å². The maximum absolute atomic E-state index is 12.2. The van der Waals surface area contributed by atoms with E-state index in [9.17, 15) is 4.79 Å². The predicted molar refractivity (Wildman–Crippen MR) is 103 cm³/mol. The molecule has 2 heterocycles. The number of nitrogens with one attached hydrogen (secondary N) is 2. The van der Waals surface area contributed by atoms with Gasteiger partial charge in [0, 0.05) is 24.5 Å². The molecule has 0 bridgehead atoms. The summed E-state index contributed by atoms with van der Waals surface area (Å²) in [4.78, 5) is 16.5. The van der Waals surface area contributed by atoms with Crippen LogP contribution in [0.25, 0.3) is 5.82 Å². The molecule has 2 amide bonds. The molecule has 2 N–H and O–H groups in total. The first kappa shape index (κ1) is 18.4. The molecular weight excluding hydrogens is 326 g/mol. The number of carbonyl (C=O) groups excluding carboxylic acids is 1. The molecule has 0 radical (unpaired) electrons. The molecule has 2 aromatic heterocycles. The van der Waals surface area contributed by atoms with Gasteiger partial charge in [-0.2, -0.15) is 5.10 Å². The monoisotopic (exact) mass is 355 g/mol. The summed E-state index contributed by atoms with van der Waals surface area (Å²) < 4.78 is 1.87. The zero-order valence-electron chi connectivity index (χ0n) is 15.8. The second-order valence-corrected chi connectivity index (χ2v) is 7.09. The van der Waals surface area contributed by atoms with Crippen LogP contribution in [0.1, 0.15) is 55.5 Å². The van der Waals surface area contributed by atoms with Gasteiger partial charge < -0.3 is 10.6 Å². The fourth-order valence-corrected chi connectivity index (χ4v) is 3.70. The maximum atomic E-state index is 12.2. The van der Waals surface area contributed by atoms with E-state index in [1.165, 1.54) is 31.2 Å². The molecule has 2 aromatic rings. The zero-order chi connectivity index (χ0) is 18.4. The minimum atomic E-state index is -0.0516. The van der Waals surface area contributed by atoms with Crippen molar-refractivity contribution in [3.8, 4) is 5.82 Å². The van der Waals surface area contributed by atoms with Crippen molar-refractivity contribution in [3.05, 3.63) is 41.3 Å². The highest BCUT2D eigenvalue weighted by molar-refractivity contribution is 5.74. The lowest BCUT2D eigenvalue weighted by Gasteiger charge is -2.16. The summed E-state index contributed by atoms with van der Waals surface area (Å²) in [6.07, 6.45) is 9.75. The number of urea groups is 1. The van der Waals surface area contributed by atoms with E-state index in [1.54, 1.807) is 6.20 Å². The first-order valence-corrected chi connectivity index (χ1v) is 9.66. The Labute approximate surface area is 155 Å². The molecule has 26 heavy (non-hydrogen) atoms. The summed E-state index contributed by atoms with van der Waals surface area (Å²) in [5.41, 5.74) is 3.23. The van der Waals surface area contributed by atoms with E-state index in [0.717, 1.165) is 36.5 Å². The van der Waals surface area contributed by atoms with Gasteiger partial charge in [0.2, 0.25) is 0 Å². The molecule has 3 rings (SSSR count). The fraction of sp³-hybridized carbons (Fsp3) is 0.550. The number of pyridine rings is 1. The normalized spacial score (nSPS) is 15.5. The van der Waals surface area contributed by atoms with Crippen molar-refractivity contribution in [2.24, 2.45) is 0 Å². The van der Waals surface area contributed by atoms with Gasteiger partial charge in [0.1, 0.15) is 0 Å². The molecule has 0 saturated heterocycles. The Kier molecular flexibility index (Phi) is 6.26. The number of aromatic nitrogens is 3. The number of hydrogen-bond acceptors (Lipinski definition) is 3. The van der Waals surface area contributed by atoms with Crippen LogP contribution in [-0.4, -0.2) is 33.4 Å². The highest BCUT2D eigenvalue weighted by atomic mass is 16.2. The quantitative estimate of drug-likeness (QED) is 0.807. The van der Waals surface area contributed by atoms with Gasteiger partial charge in [-0.15, -0.1) is 0 Å². The Morgan fingerprint density at radius 3 is 2.65 bits per heavy atom. The molecule has 140 valence electrons.